The smallest absolute Gasteiger partial charge is 0.253 e. The molecule has 3 nitrogen and oxygen atoms in total. The summed E-state index contributed by atoms with van der Waals surface area (Å²) in [6, 6.07) is 5.17. The molecule has 1 aromatic rings. The Morgan fingerprint density at radius 3 is 2.53 bits per heavy atom. The molecule has 19 heavy (non-hydrogen) atoms. The Balaban J connectivity index is 0.00000324. The van der Waals surface area contributed by atoms with Crippen LogP contribution in [-0.4, -0.2) is 30.9 Å². The molecule has 0 atom stereocenters. The van der Waals surface area contributed by atoms with E-state index < -0.39 is 0 Å². The van der Waals surface area contributed by atoms with Crippen molar-refractivity contribution in [2.45, 2.75) is 13.8 Å². The molecular formula is C13H19BrCl2N2O. The zero-order valence-electron chi connectivity index (χ0n) is 11.2. The molecule has 0 unspecified atom stereocenters. The van der Waals surface area contributed by atoms with Crippen LogP contribution >= 0.6 is 39.9 Å². The van der Waals surface area contributed by atoms with Gasteiger partial charge < -0.3 is 10.6 Å². The highest BCUT2D eigenvalue weighted by atomic mass is 79.9. The Labute approximate surface area is 134 Å². The van der Waals surface area contributed by atoms with Gasteiger partial charge in [-0.3, -0.25) is 4.79 Å². The minimum Gasteiger partial charge on any atom is -0.341 e. The van der Waals surface area contributed by atoms with Crippen LogP contribution in [0.4, 0.5) is 0 Å². The van der Waals surface area contributed by atoms with E-state index in [4.69, 9.17) is 17.3 Å². The number of hydrogen-bond donors (Lipinski definition) is 1. The number of amides is 1. The molecule has 6 heteroatoms. The molecule has 1 rings (SSSR count). The molecule has 0 bridgehead atoms. The van der Waals surface area contributed by atoms with E-state index in [-0.39, 0.29) is 23.7 Å². The second-order valence-electron chi connectivity index (χ2n) is 5.16. The molecule has 0 aliphatic heterocycles. The van der Waals surface area contributed by atoms with Gasteiger partial charge in [0.05, 0.1) is 5.02 Å². The van der Waals surface area contributed by atoms with Gasteiger partial charge in [-0.25, -0.2) is 0 Å². The molecule has 108 valence electrons. The number of rotatable bonds is 4. The molecule has 1 amide bonds. The predicted molar refractivity (Wildman–Crippen MR) is 86.2 cm³/mol. The van der Waals surface area contributed by atoms with Gasteiger partial charge >= 0.3 is 0 Å². The second-order valence-corrected chi connectivity index (χ2v) is 6.42. The number of carbonyl (C=O) groups excluding carboxylic acids is 1. The number of nitrogens with two attached hydrogens (primary N) is 1. The lowest BCUT2D eigenvalue weighted by molar-refractivity contribution is 0.0740. The van der Waals surface area contributed by atoms with Gasteiger partial charge in [0.15, 0.2) is 0 Å². The lowest BCUT2D eigenvalue weighted by Crippen LogP contribution is -2.39. The maximum Gasteiger partial charge on any atom is 0.253 e. The molecule has 0 radical (unpaired) electrons. The van der Waals surface area contributed by atoms with Crippen LogP contribution in [0.3, 0.4) is 0 Å². The molecule has 0 fully saturated rings. The summed E-state index contributed by atoms with van der Waals surface area (Å²) >= 11 is 9.22. The first-order valence-corrected chi connectivity index (χ1v) is 6.84. The van der Waals surface area contributed by atoms with E-state index in [1.54, 1.807) is 30.1 Å². The molecule has 0 saturated heterocycles. The molecule has 0 aliphatic rings. The third kappa shape index (κ3) is 5.30. The minimum atomic E-state index is -0.0892. The van der Waals surface area contributed by atoms with Crippen LogP contribution < -0.4 is 5.73 Å². The Morgan fingerprint density at radius 2 is 2.05 bits per heavy atom. The summed E-state index contributed by atoms with van der Waals surface area (Å²) in [4.78, 5) is 13.9. The van der Waals surface area contributed by atoms with E-state index in [0.717, 1.165) is 4.47 Å². The number of halogens is 3. The fraction of sp³-hybridized carbons (Fsp3) is 0.462. The molecule has 0 aliphatic carbocycles. The fourth-order valence-corrected chi connectivity index (χ4v) is 2.12. The van der Waals surface area contributed by atoms with Gasteiger partial charge in [-0.05, 0) is 46.1 Å². The SMILES string of the molecule is CN(CC(C)(C)CN)C(=O)c1ccc(Cl)c(Br)c1.Cl. The van der Waals surface area contributed by atoms with E-state index in [1.807, 2.05) is 13.8 Å². The highest BCUT2D eigenvalue weighted by molar-refractivity contribution is 9.10. The summed E-state index contributed by atoms with van der Waals surface area (Å²) in [5.74, 6) is -0.0334. The van der Waals surface area contributed by atoms with Gasteiger partial charge in [-0.15, -0.1) is 12.4 Å². The molecule has 0 aromatic heterocycles. The second kappa shape index (κ2) is 7.48. The van der Waals surface area contributed by atoms with Crippen molar-refractivity contribution in [3.8, 4) is 0 Å². The van der Waals surface area contributed by atoms with Crippen molar-refractivity contribution >= 4 is 45.8 Å². The highest BCUT2D eigenvalue weighted by Gasteiger charge is 2.22. The summed E-state index contributed by atoms with van der Waals surface area (Å²) in [5.41, 5.74) is 6.20. The van der Waals surface area contributed by atoms with Gasteiger partial charge in [-0.1, -0.05) is 25.4 Å². The van der Waals surface area contributed by atoms with Crippen molar-refractivity contribution in [2.24, 2.45) is 11.1 Å². The zero-order valence-corrected chi connectivity index (χ0v) is 14.4. The summed E-state index contributed by atoms with van der Waals surface area (Å²) in [6.45, 7) is 5.22. The van der Waals surface area contributed by atoms with Crippen LogP contribution in [0.25, 0.3) is 0 Å². The molecular weight excluding hydrogens is 351 g/mol. The minimum absolute atomic E-state index is 0. The van der Waals surface area contributed by atoms with Crippen molar-refractivity contribution in [3.63, 3.8) is 0 Å². The zero-order chi connectivity index (χ0) is 13.9. The van der Waals surface area contributed by atoms with Crippen molar-refractivity contribution in [1.82, 2.24) is 4.90 Å². The molecule has 1 aromatic carbocycles. The predicted octanol–water partition coefficient (Wildman–Crippen LogP) is 3.58. The Bertz CT molecular complexity index is 452. The summed E-state index contributed by atoms with van der Waals surface area (Å²) in [6.07, 6.45) is 0. The van der Waals surface area contributed by atoms with Crippen molar-refractivity contribution < 1.29 is 4.79 Å². The van der Waals surface area contributed by atoms with Crippen molar-refractivity contribution in [2.75, 3.05) is 20.1 Å². The highest BCUT2D eigenvalue weighted by Crippen LogP contribution is 2.24. The molecule has 0 spiro atoms. The number of benzene rings is 1. The molecule has 0 saturated carbocycles. The van der Waals surface area contributed by atoms with Crippen LogP contribution in [-0.2, 0) is 0 Å². The van der Waals surface area contributed by atoms with E-state index in [9.17, 15) is 4.79 Å². The quantitative estimate of drug-likeness (QED) is 0.881. The number of carbonyl (C=O) groups is 1. The summed E-state index contributed by atoms with van der Waals surface area (Å²) in [7, 11) is 1.78. The van der Waals surface area contributed by atoms with Crippen LogP contribution in [0.5, 0.6) is 0 Å². The fourth-order valence-electron chi connectivity index (χ4n) is 1.63. The Hall–Kier alpha value is -0.290. The van der Waals surface area contributed by atoms with E-state index >= 15 is 0 Å². The van der Waals surface area contributed by atoms with Crippen LogP contribution in [0.1, 0.15) is 24.2 Å². The Kier molecular flexibility index (Phi) is 7.37. The third-order valence-electron chi connectivity index (χ3n) is 2.73. The third-order valence-corrected chi connectivity index (χ3v) is 3.94. The Morgan fingerprint density at radius 1 is 1.47 bits per heavy atom. The maximum atomic E-state index is 12.2. The standard InChI is InChI=1S/C13H18BrClN2O.ClH/c1-13(2,7-16)8-17(3)12(18)9-4-5-11(15)10(14)6-9;/h4-6H,7-8,16H2,1-3H3;1H. The monoisotopic (exact) mass is 368 g/mol. The molecule has 2 N–H and O–H groups in total. The summed E-state index contributed by atoms with van der Waals surface area (Å²) < 4.78 is 0.724. The van der Waals surface area contributed by atoms with Gasteiger partial charge in [0, 0.05) is 23.6 Å². The normalized spacial score (nSPS) is 10.8. The van der Waals surface area contributed by atoms with Crippen LogP contribution in [0, 0.1) is 5.41 Å². The topological polar surface area (TPSA) is 46.3 Å². The van der Waals surface area contributed by atoms with Crippen molar-refractivity contribution in [3.05, 3.63) is 33.3 Å². The summed E-state index contributed by atoms with van der Waals surface area (Å²) in [5, 5.41) is 0.594. The first kappa shape index (κ1) is 18.7. The number of nitrogens with zero attached hydrogens (tertiary/aromatic N) is 1. The van der Waals surface area contributed by atoms with Crippen molar-refractivity contribution in [1.29, 1.82) is 0 Å². The average Bonchev–Trinajstić information content (AvgIpc) is 2.31. The van der Waals surface area contributed by atoms with Gasteiger partial charge in [-0.2, -0.15) is 0 Å². The largest absolute Gasteiger partial charge is 0.341 e. The van der Waals surface area contributed by atoms with Gasteiger partial charge in [0.1, 0.15) is 0 Å². The first-order valence-electron chi connectivity index (χ1n) is 5.67. The lowest BCUT2D eigenvalue weighted by atomic mass is 9.93. The number of hydrogen-bond acceptors (Lipinski definition) is 2. The van der Waals surface area contributed by atoms with E-state index in [0.29, 0.717) is 23.7 Å². The maximum absolute atomic E-state index is 12.2. The lowest BCUT2D eigenvalue weighted by Gasteiger charge is -2.29. The molecule has 0 heterocycles. The first-order chi connectivity index (χ1) is 8.26. The van der Waals surface area contributed by atoms with Gasteiger partial charge in [0.25, 0.3) is 5.91 Å². The van der Waals surface area contributed by atoms with Crippen LogP contribution in [0.2, 0.25) is 5.02 Å². The van der Waals surface area contributed by atoms with E-state index in [1.165, 1.54) is 0 Å². The van der Waals surface area contributed by atoms with E-state index in [2.05, 4.69) is 15.9 Å². The van der Waals surface area contributed by atoms with Crippen LogP contribution in [0.15, 0.2) is 22.7 Å². The van der Waals surface area contributed by atoms with Gasteiger partial charge in [0.2, 0.25) is 0 Å². The average molecular weight is 370 g/mol.